The lowest BCUT2D eigenvalue weighted by atomic mass is 9.94. The van der Waals surface area contributed by atoms with Gasteiger partial charge in [-0.2, -0.15) is 0 Å². The minimum atomic E-state index is -0.481. The highest BCUT2D eigenvalue weighted by Gasteiger charge is 2.37. The summed E-state index contributed by atoms with van der Waals surface area (Å²) in [6, 6.07) is 0.496. The first-order valence-electron chi connectivity index (χ1n) is 4.93. The van der Waals surface area contributed by atoms with Gasteiger partial charge in [0.1, 0.15) is 0 Å². The van der Waals surface area contributed by atoms with Crippen LogP contribution in [0.25, 0.3) is 0 Å². The molecule has 13 heavy (non-hydrogen) atoms. The summed E-state index contributed by atoms with van der Waals surface area (Å²) in [6.07, 6.45) is 8.61. The van der Waals surface area contributed by atoms with Gasteiger partial charge in [0.25, 0.3) is 0 Å². The second kappa shape index (κ2) is 4.13. The van der Waals surface area contributed by atoms with E-state index in [2.05, 4.69) is 24.8 Å². The van der Waals surface area contributed by atoms with Crippen molar-refractivity contribution in [2.45, 2.75) is 44.2 Å². The summed E-state index contributed by atoms with van der Waals surface area (Å²) in [6.45, 7) is 2.94. The molecule has 1 aliphatic rings. The molecule has 74 valence electrons. The van der Waals surface area contributed by atoms with Crippen molar-refractivity contribution >= 4 is 0 Å². The van der Waals surface area contributed by atoms with Crippen LogP contribution in [-0.2, 0) is 0 Å². The average Bonchev–Trinajstić information content (AvgIpc) is 2.27. The predicted octanol–water partition coefficient (Wildman–Crippen LogP) is 1.24. The molecule has 1 saturated heterocycles. The van der Waals surface area contributed by atoms with E-state index < -0.39 is 5.60 Å². The molecule has 0 aromatic heterocycles. The van der Waals surface area contributed by atoms with Crippen molar-refractivity contribution in [3.63, 3.8) is 0 Å². The molecular formula is C11H19NO. The third-order valence-electron chi connectivity index (χ3n) is 2.93. The van der Waals surface area contributed by atoms with Gasteiger partial charge in [-0.15, -0.1) is 12.3 Å². The molecule has 0 spiro atoms. The lowest BCUT2D eigenvalue weighted by molar-refractivity contribution is 0.0412. The zero-order chi connectivity index (χ0) is 9.90. The molecule has 0 saturated carbocycles. The van der Waals surface area contributed by atoms with Crippen LogP contribution >= 0.6 is 0 Å². The molecule has 1 aliphatic heterocycles. The smallest absolute Gasteiger partial charge is 0.0789 e. The van der Waals surface area contributed by atoms with Crippen LogP contribution in [0.15, 0.2) is 0 Å². The highest BCUT2D eigenvalue weighted by atomic mass is 16.3. The van der Waals surface area contributed by atoms with Gasteiger partial charge in [0.15, 0.2) is 0 Å². The van der Waals surface area contributed by atoms with Gasteiger partial charge in [0.05, 0.1) is 5.60 Å². The number of terminal acetylenes is 1. The Hall–Kier alpha value is -0.520. The summed E-state index contributed by atoms with van der Waals surface area (Å²) in [4.78, 5) is 2.20. The van der Waals surface area contributed by atoms with Crippen LogP contribution in [0.4, 0.5) is 0 Å². The van der Waals surface area contributed by atoms with Gasteiger partial charge < -0.3 is 10.0 Å². The van der Waals surface area contributed by atoms with E-state index in [0.717, 1.165) is 32.2 Å². The van der Waals surface area contributed by atoms with E-state index in [4.69, 9.17) is 6.42 Å². The molecule has 0 radical (unpaired) electrons. The van der Waals surface area contributed by atoms with Crippen molar-refractivity contribution in [1.82, 2.24) is 4.90 Å². The van der Waals surface area contributed by atoms with E-state index in [-0.39, 0.29) is 0 Å². The summed E-state index contributed by atoms with van der Waals surface area (Å²) in [5, 5.41) is 10.1. The predicted molar refractivity (Wildman–Crippen MR) is 54.3 cm³/mol. The monoisotopic (exact) mass is 181 g/mol. The molecule has 1 heterocycles. The summed E-state index contributed by atoms with van der Waals surface area (Å²) >= 11 is 0. The molecule has 1 rings (SSSR count). The minimum absolute atomic E-state index is 0.481. The minimum Gasteiger partial charge on any atom is -0.388 e. The lowest BCUT2D eigenvalue weighted by Gasteiger charge is -2.21. The fourth-order valence-electron chi connectivity index (χ4n) is 2.09. The molecule has 0 aromatic carbocycles. The third kappa shape index (κ3) is 2.72. The van der Waals surface area contributed by atoms with E-state index in [9.17, 15) is 5.11 Å². The van der Waals surface area contributed by atoms with Crippen molar-refractivity contribution in [1.29, 1.82) is 0 Å². The zero-order valence-electron chi connectivity index (χ0n) is 8.58. The number of hydrogen-bond donors (Lipinski definition) is 1. The Morgan fingerprint density at radius 3 is 2.85 bits per heavy atom. The van der Waals surface area contributed by atoms with Gasteiger partial charge in [-0.25, -0.2) is 0 Å². The molecule has 2 heteroatoms. The second-order valence-electron chi connectivity index (χ2n) is 4.25. The number of hydrogen-bond acceptors (Lipinski definition) is 2. The van der Waals surface area contributed by atoms with Gasteiger partial charge in [-0.05, 0) is 33.2 Å². The van der Waals surface area contributed by atoms with Crippen molar-refractivity contribution < 1.29 is 5.11 Å². The fraction of sp³-hybridized carbons (Fsp3) is 0.818. The Morgan fingerprint density at radius 1 is 1.69 bits per heavy atom. The number of rotatable bonds is 3. The Morgan fingerprint density at radius 2 is 2.38 bits per heavy atom. The first kappa shape index (κ1) is 10.6. The Bertz CT molecular complexity index is 197. The number of unbranched alkanes of at least 4 members (excludes halogenated alkanes) is 1. The summed E-state index contributed by atoms with van der Waals surface area (Å²) in [5.41, 5.74) is -0.481. The van der Waals surface area contributed by atoms with Gasteiger partial charge in [0.2, 0.25) is 0 Å². The number of aliphatic hydroxyl groups is 1. The molecule has 0 amide bonds. The van der Waals surface area contributed by atoms with Crippen LogP contribution in [0.5, 0.6) is 0 Å². The van der Waals surface area contributed by atoms with E-state index in [1.165, 1.54) is 0 Å². The van der Waals surface area contributed by atoms with E-state index in [1.54, 1.807) is 0 Å². The Labute approximate surface area is 80.9 Å². The molecule has 0 bridgehead atoms. The standard InChI is InChI=1S/C11H19NO/c1-4-5-6-7-11(13)8-10(2)12(3)9-11/h1,10,13H,5-9H2,2-3H3. The first-order chi connectivity index (χ1) is 6.07. The Kier molecular flexibility index (Phi) is 3.35. The zero-order valence-corrected chi connectivity index (χ0v) is 8.58. The molecule has 1 N–H and O–H groups in total. The van der Waals surface area contributed by atoms with Crippen molar-refractivity contribution in [3.05, 3.63) is 0 Å². The van der Waals surface area contributed by atoms with Gasteiger partial charge in [0, 0.05) is 19.0 Å². The molecule has 2 atom stereocenters. The van der Waals surface area contributed by atoms with Crippen LogP contribution in [0.1, 0.15) is 32.6 Å². The average molecular weight is 181 g/mol. The lowest BCUT2D eigenvalue weighted by Crippen LogP contribution is -2.31. The quantitative estimate of drug-likeness (QED) is 0.523. The fourth-order valence-corrected chi connectivity index (χ4v) is 2.09. The maximum atomic E-state index is 10.1. The van der Waals surface area contributed by atoms with Gasteiger partial charge in [-0.1, -0.05) is 0 Å². The molecule has 2 nitrogen and oxygen atoms in total. The maximum absolute atomic E-state index is 10.1. The van der Waals surface area contributed by atoms with Crippen LogP contribution < -0.4 is 0 Å². The largest absolute Gasteiger partial charge is 0.388 e. The molecule has 0 aromatic rings. The van der Waals surface area contributed by atoms with Gasteiger partial charge in [-0.3, -0.25) is 0 Å². The molecule has 1 fully saturated rings. The number of likely N-dealkylation sites (tertiary alicyclic amines) is 1. The summed E-state index contributed by atoms with van der Waals surface area (Å²) in [5.74, 6) is 2.61. The maximum Gasteiger partial charge on any atom is 0.0789 e. The number of nitrogens with zero attached hydrogens (tertiary/aromatic N) is 1. The topological polar surface area (TPSA) is 23.5 Å². The summed E-state index contributed by atoms with van der Waals surface area (Å²) in [7, 11) is 2.06. The first-order valence-corrected chi connectivity index (χ1v) is 4.93. The normalized spacial score (nSPS) is 34.8. The molecule has 2 unspecified atom stereocenters. The second-order valence-corrected chi connectivity index (χ2v) is 4.25. The van der Waals surface area contributed by atoms with Gasteiger partial charge >= 0.3 is 0 Å². The van der Waals surface area contributed by atoms with Crippen LogP contribution in [0.3, 0.4) is 0 Å². The van der Waals surface area contributed by atoms with Crippen molar-refractivity contribution in [3.8, 4) is 12.3 Å². The van der Waals surface area contributed by atoms with Crippen LogP contribution in [-0.4, -0.2) is 35.2 Å². The van der Waals surface area contributed by atoms with Crippen LogP contribution in [0, 0.1) is 12.3 Å². The number of likely N-dealkylation sites (N-methyl/N-ethyl adjacent to an activating group) is 1. The highest BCUT2D eigenvalue weighted by Crippen LogP contribution is 2.29. The van der Waals surface area contributed by atoms with Crippen LogP contribution in [0.2, 0.25) is 0 Å². The van der Waals surface area contributed by atoms with E-state index in [0.29, 0.717) is 6.04 Å². The van der Waals surface area contributed by atoms with Crippen molar-refractivity contribution in [2.75, 3.05) is 13.6 Å². The SMILES string of the molecule is C#CCCCC1(O)CC(C)N(C)C1. The third-order valence-corrected chi connectivity index (χ3v) is 2.93. The summed E-state index contributed by atoms with van der Waals surface area (Å²) < 4.78 is 0. The van der Waals surface area contributed by atoms with Crippen molar-refractivity contribution in [2.24, 2.45) is 0 Å². The number of β-amino-alcohol motifs (C(OH)–C–C–N with tert-alkyl or cyclic N) is 1. The highest BCUT2D eigenvalue weighted by molar-refractivity contribution is 4.94. The van der Waals surface area contributed by atoms with E-state index >= 15 is 0 Å². The van der Waals surface area contributed by atoms with E-state index in [1.807, 2.05) is 0 Å². The molecule has 0 aliphatic carbocycles. The molecular weight excluding hydrogens is 162 g/mol. The Balaban J connectivity index is 2.36.